The predicted molar refractivity (Wildman–Crippen MR) is 93.0 cm³/mol. The first-order valence-electron chi connectivity index (χ1n) is 8.17. The number of anilines is 1. The van der Waals surface area contributed by atoms with Gasteiger partial charge >= 0.3 is 0 Å². The van der Waals surface area contributed by atoms with Crippen molar-refractivity contribution < 1.29 is 9.53 Å². The number of carbonyl (C=O) groups is 1. The first kappa shape index (κ1) is 14.9. The zero-order valence-electron chi connectivity index (χ0n) is 13.5. The Hall–Kier alpha value is -2.66. The molecule has 5 nitrogen and oxygen atoms in total. The monoisotopic (exact) mass is 321 g/mol. The van der Waals surface area contributed by atoms with Gasteiger partial charge in [-0.05, 0) is 43.5 Å². The summed E-state index contributed by atoms with van der Waals surface area (Å²) >= 11 is 0. The van der Waals surface area contributed by atoms with E-state index in [1.807, 2.05) is 47.0 Å². The molecule has 1 amide bonds. The summed E-state index contributed by atoms with van der Waals surface area (Å²) in [6, 6.07) is 11.8. The number of benzene rings is 1. The second kappa shape index (κ2) is 6.09. The number of amides is 1. The van der Waals surface area contributed by atoms with E-state index in [1.54, 1.807) is 0 Å². The van der Waals surface area contributed by atoms with Crippen LogP contribution in [-0.4, -0.2) is 28.0 Å². The van der Waals surface area contributed by atoms with Crippen LogP contribution in [0, 0.1) is 6.92 Å². The number of rotatable bonds is 3. The first-order valence-corrected chi connectivity index (χ1v) is 8.17. The molecular formula is C19H19N3O2. The molecule has 1 atom stereocenters. The van der Waals surface area contributed by atoms with E-state index in [9.17, 15) is 4.79 Å². The molecule has 3 aromatic rings. The van der Waals surface area contributed by atoms with E-state index in [2.05, 4.69) is 23.4 Å². The smallest absolute Gasteiger partial charge is 0.253 e. The Morgan fingerprint density at radius 2 is 2.21 bits per heavy atom. The van der Waals surface area contributed by atoms with Gasteiger partial charge in [-0.25, -0.2) is 4.98 Å². The Labute approximate surface area is 140 Å². The van der Waals surface area contributed by atoms with Crippen molar-refractivity contribution in [2.45, 2.75) is 25.9 Å². The quantitative estimate of drug-likeness (QED) is 0.804. The topological polar surface area (TPSA) is 55.6 Å². The maximum Gasteiger partial charge on any atom is 0.253 e. The normalized spacial score (nSPS) is 17.3. The van der Waals surface area contributed by atoms with Gasteiger partial charge < -0.3 is 14.5 Å². The fraction of sp³-hybridized carbons (Fsp3) is 0.263. The second-order valence-corrected chi connectivity index (χ2v) is 6.17. The Bertz CT molecular complexity index is 895. The van der Waals surface area contributed by atoms with Crippen molar-refractivity contribution in [3.05, 3.63) is 54.4 Å². The highest BCUT2D eigenvalue weighted by molar-refractivity contribution is 5.94. The predicted octanol–water partition coefficient (Wildman–Crippen LogP) is 3.43. The minimum Gasteiger partial charge on any atom is -0.368 e. The van der Waals surface area contributed by atoms with Crippen molar-refractivity contribution in [3.63, 3.8) is 0 Å². The highest BCUT2D eigenvalue weighted by Crippen LogP contribution is 2.23. The molecule has 1 saturated heterocycles. The molecular weight excluding hydrogens is 302 g/mol. The molecule has 3 heterocycles. The summed E-state index contributed by atoms with van der Waals surface area (Å²) in [6.45, 7) is 2.72. The third-order valence-electron chi connectivity index (χ3n) is 4.25. The average Bonchev–Trinajstić information content (AvgIpc) is 3.24. The lowest BCUT2D eigenvalue weighted by molar-refractivity contribution is -0.124. The standard InChI is InChI=1S/C19H19N3O2/c1-13-7-8-18-21-16(12-22(18)11-13)14-4-2-5-15(10-14)20-19(23)17-6-3-9-24-17/h2,4-5,7-8,10-12,17H,3,6,9H2,1H3,(H,20,23). The Kier molecular flexibility index (Phi) is 3.78. The van der Waals surface area contributed by atoms with Crippen LogP contribution in [0.15, 0.2) is 48.8 Å². The lowest BCUT2D eigenvalue weighted by Gasteiger charge is -2.11. The van der Waals surface area contributed by atoms with Gasteiger partial charge in [-0.2, -0.15) is 0 Å². The molecule has 1 unspecified atom stereocenters. The molecule has 24 heavy (non-hydrogen) atoms. The fourth-order valence-electron chi connectivity index (χ4n) is 3.01. The van der Waals surface area contributed by atoms with Gasteiger partial charge in [0.2, 0.25) is 0 Å². The number of fused-ring (bicyclic) bond motifs is 1. The molecule has 0 aliphatic carbocycles. The molecule has 0 radical (unpaired) electrons. The number of carbonyl (C=O) groups excluding carboxylic acids is 1. The van der Waals surface area contributed by atoms with Gasteiger partial charge in [0.1, 0.15) is 11.8 Å². The second-order valence-electron chi connectivity index (χ2n) is 6.17. The van der Waals surface area contributed by atoms with Crippen LogP contribution in [-0.2, 0) is 9.53 Å². The van der Waals surface area contributed by atoms with Crippen LogP contribution in [0.2, 0.25) is 0 Å². The number of hydrogen-bond donors (Lipinski definition) is 1. The van der Waals surface area contributed by atoms with Gasteiger partial charge in [0.05, 0.1) is 5.69 Å². The van der Waals surface area contributed by atoms with E-state index in [1.165, 1.54) is 5.56 Å². The highest BCUT2D eigenvalue weighted by atomic mass is 16.5. The van der Waals surface area contributed by atoms with Crippen LogP contribution in [0.4, 0.5) is 5.69 Å². The van der Waals surface area contributed by atoms with E-state index in [-0.39, 0.29) is 12.0 Å². The third kappa shape index (κ3) is 2.90. The van der Waals surface area contributed by atoms with Crippen molar-refractivity contribution in [3.8, 4) is 11.3 Å². The highest BCUT2D eigenvalue weighted by Gasteiger charge is 2.23. The van der Waals surface area contributed by atoms with Crippen LogP contribution in [0.5, 0.6) is 0 Å². The number of pyridine rings is 1. The van der Waals surface area contributed by atoms with Crippen LogP contribution in [0.1, 0.15) is 18.4 Å². The van der Waals surface area contributed by atoms with E-state index < -0.39 is 0 Å². The fourth-order valence-corrected chi connectivity index (χ4v) is 3.01. The van der Waals surface area contributed by atoms with Crippen LogP contribution >= 0.6 is 0 Å². The molecule has 2 aromatic heterocycles. The van der Waals surface area contributed by atoms with Gasteiger partial charge in [-0.15, -0.1) is 0 Å². The number of aromatic nitrogens is 2. The van der Waals surface area contributed by atoms with Crippen molar-refractivity contribution in [2.24, 2.45) is 0 Å². The lowest BCUT2D eigenvalue weighted by atomic mass is 10.1. The van der Waals surface area contributed by atoms with E-state index >= 15 is 0 Å². The van der Waals surface area contributed by atoms with Crippen molar-refractivity contribution in [2.75, 3.05) is 11.9 Å². The number of nitrogens with one attached hydrogen (secondary N) is 1. The molecule has 122 valence electrons. The largest absolute Gasteiger partial charge is 0.368 e. The maximum absolute atomic E-state index is 12.2. The SMILES string of the molecule is Cc1ccc2nc(-c3cccc(NC(=O)C4CCCO4)c3)cn2c1. The van der Waals surface area contributed by atoms with Gasteiger partial charge in [-0.3, -0.25) is 4.79 Å². The molecule has 1 aliphatic heterocycles. The van der Waals surface area contributed by atoms with Crippen LogP contribution in [0.3, 0.4) is 0 Å². The van der Waals surface area contributed by atoms with Crippen molar-refractivity contribution >= 4 is 17.2 Å². The zero-order chi connectivity index (χ0) is 16.5. The summed E-state index contributed by atoms with van der Waals surface area (Å²) in [6.07, 6.45) is 5.46. The molecule has 1 N–H and O–H groups in total. The Morgan fingerprint density at radius 3 is 3.04 bits per heavy atom. The van der Waals surface area contributed by atoms with Gasteiger partial charge in [0, 0.05) is 30.3 Å². The number of ether oxygens (including phenoxy) is 1. The van der Waals surface area contributed by atoms with E-state index in [0.29, 0.717) is 6.61 Å². The minimum atomic E-state index is -0.327. The molecule has 1 fully saturated rings. The maximum atomic E-state index is 12.2. The third-order valence-corrected chi connectivity index (χ3v) is 4.25. The van der Waals surface area contributed by atoms with Crippen LogP contribution < -0.4 is 5.32 Å². The molecule has 0 bridgehead atoms. The average molecular weight is 321 g/mol. The molecule has 1 aromatic carbocycles. The number of imidazole rings is 1. The van der Waals surface area contributed by atoms with Gasteiger partial charge in [0.25, 0.3) is 5.91 Å². The number of aryl methyl sites for hydroxylation is 1. The van der Waals surface area contributed by atoms with Gasteiger partial charge in [0.15, 0.2) is 0 Å². The zero-order valence-corrected chi connectivity index (χ0v) is 13.5. The molecule has 4 rings (SSSR count). The lowest BCUT2D eigenvalue weighted by Crippen LogP contribution is -2.26. The summed E-state index contributed by atoms with van der Waals surface area (Å²) in [7, 11) is 0. The molecule has 0 spiro atoms. The van der Waals surface area contributed by atoms with E-state index in [4.69, 9.17) is 4.74 Å². The van der Waals surface area contributed by atoms with Gasteiger partial charge in [-0.1, -0.05) is 18.2 Å². The first-order chi connectivity index (χ1) is 11.7. The summed E-state index contributed by atoms with van der Waals surface area (Å²) in [4.78, 5) is 16.8. The molecule has 1 aliphatic rings. The molecule has 5 heteroatoms. The van der Waals surface area contributed by atoms with E-state index in [0.717, 1.165) is 35.4 Å². The Morgan fingerprint density at radius 1 is 1.29 bits per heavy atom. The summed E-state index contributed by atoms with van der Waals surface area (Å²) in [5, 5.41) is 2.94. The summed E-state index contributed by atoms with van der Waals surface area (Å²) in [5.41, 5.74) is 4.71. The summed E-state index contributed by atoms with van der Waals surface area (Å²) < 4.78 is 7.44. The number of nitrogens with zero attached hydrogens (tertiary/aromatic N) is 2. The van der Waals surface area contributed by atoms with Crippen molar-refractivity contribution in [1.82, 2.24) is 9.38 Å². The minimum absolute atomic E-state index is 0.0738. The Balaban J connectivity index is 1.60. The van der Waals surface area contributed by atoms with Crippen molar-refractivity contribution in [1.29, 1.82) is 0 Å². The molecule has 0 saturated carbocycles. The summed E-state index contributed by atoms with van der Waals surface area (Å²) in [5.74, 6) is -0.0738. The number of hydrogen-bond acceptors (Lipinski definition) is 3. The van der Waals surface area contributed by atoms with Crippen LogP contribution in [0.25, 0.3) is 16.9 Å².